The van der Waals surface area contributed by atoms with Crippen LogP contribution >= 0.6 is 27.3 Å². The van der Waals surface area contributed by atoms with Crippen molar-refractivity contribution in [2.45, 2.75) is 6.04 Å². The minimum absolute atomic E-state index is 0.0411. The summed E-state index contributed by atoms with van der Waals surface area (Å²) in [6.07, 6.45) is 3.09. The van der Waals surface area contributed by atoms with Crippen LogP contribution in [0.3, 0.4) is 0 Å². The maximum Gasteiger partial charge on any atom is 0.328 e. The molecule has 2 rings (SSSR count). The van der Waals surface area contributed by atoms with Crippen LogP contribution in [0.4, 0.5) is 0 Å². The number of rotatable bonds is 3. The zero-order chi connectivity index (χ0) is 13.8. The largest absolute Gasteiger partial charge is 0.480 e. The second kappa shape index (κ2) is 6.31. The van der Waals surface area contributed by atoms with Gasteiger partial charge in [-0.05, 0) is 34.1 Å². The van der Waals surface area contributed by atoms with E-state index in [-0.39, 0.29) is 12.5 Å². The fraction of sp³-hybridized carbons (Fsp3) is 0.333. The number of carboxylic acid groups (broad SMARTS) is 1. The molecule has 0 saturated carbocycles. The van der Waals surface area contributed by atoms with E-state index in [9.17, 15) is 9.59 Å². The Labute approximate surface area is 122 Å². The van der Waals surface area contributed by atoms with E-state index in [1.165, 1.54) is 22.3 Å². The Morgan fingerprint density at radius 2 is 2.32 bits per heavy atom. The van der Waals surface area contributed by atoms with Crippen LogP contribution in [0.15, 0.2) is 22.0 Å². The zero-order valence-electron chi connectivity index (χ0n) is 9.91. The zero-order valence-corrected chi connectivity index (χ0v) is 12.3. The van der Waals surface area contributed by atoms with E-state index in [1.54, 1.807) is 6.08 Å². The highest BCUT2D eigenvalue weighted by Crippen LogP contribution is 2.23. The normalized spacial score (nSPS) is 19.8. The van der Waals surface area contributed by atoms with E-state index < -0.39 is 12.0 Å². The molecule has 0 aliphatic carbocycles. The third-order valence-electron chi connectivity index (χ3n) is 2.68. The summed E-state index contributed by atoms with van der Waals surface area (Å²) in [5, 5.41) is 9.04. The number of hydrogen-bond acceptors (Lipinski definition) is 4. The van der Waals surface area contributed by atoms with Gasteiger partial charge in [-0.15, -0.1) is 11.3 Å². The highest BCUT2D eigenvalue weighted by atomic mass is 79.9. The molecule has 2 heterocycles. The van der Waals surface area contributed by atoms with Crippen molar-refractivity contribution in [3.05, 3.63) is 26.9 Å². The van der Waals surface area contributed by atoms with Crippen LogP contribution in [-0.4, -0.2) is 47.7 Å². The number of thiophene rings is 1. The Balaban J connectivity index is 2.05. The molecule has 1 saturated heterocycles. The van der Waals surface area contributed by atoms with Crippen molar-refractivity contribution in [1.82, 2.24) is 4.90 Å². The molecule has 0 aromatic carbocycles. The molecule has 5 nitrogen and oxygen atoms in total. The molecule has 7 heteroatoms. The number of ether oxygens (including phenoxy) is 1. The summed E-state index contributed by atoms with van der Waals surface area (Å²) in [6, 6.07) is 2.87. The number of morpholine rings is 1. The number of halogens is 1. The van der Waals surface area contributed by atoms with E-state index >= 15 is 0 Å². The molecule has 1 aliphatic heterocycles. The number of carbonyl (C=O) groups is 2. The Bertz CT molecular complexity index is 514. The number of carbonyl (C=O) groups excluding carboxylic acids is 1. The highest BCUT2D eigenvalue weighted by Gasteiger charge is 2.31. The van der Waals surface area contributed by atoms with Crippen LogP contribution in [0.1, 0.15) is 4.88 Å². The fourth-order valence-electron chi connectivity index (χ4n) is 1.74. The molecule has 1 aliphatic rings. The molecule has 1 fully saturated rings. The number of aliphatic carboxylic acids is 1. The van der Waals surface area contributed by atoms with Gasteiger partial charge >= 0.3 is 5.97 Å². The lowest BCUT2D eigenvalue weighted by Crippen LogP contribution is -2.52. The SMILES string of the molecule is O=C(O)[C@@H]1COCCN1C(=O)/C=C/c1ccc(Br)s1. The van der Waals surface area contributed by atoms with Gasteiger partial charge in [0.25, 0.3) is 0 Å². The monoisotopic (exact) mass is 345 g/mol. The second-order valence-corrected chi connectivity index (χ2v) is 6.43. The summed E-state index contributed by atoms with van der Waals surface area (Å²) < 4.78 is 6.07. The van der Waals surface area contributed by atoms with E-state index in [1.807, 2.05) is 12.1 Å². The molecule has 0 bridgehead atoms. The molecular formula is C12H12BrNO4S. The quantitative estimate of drug-likeness (QED) is 0.848. The first kappa shape index (κ1) is 14.2. The van der Waals surface area contributed by atoms with Crippen LogP contribution in [0.5, 0.6) is 0 Å². The Hall–Kier alpha value is -1.18. The topological polar surface area (TPSA) is 66.8 Å². The number of hydrogen-bond donors (Lipinski definition) is 1. The van der Waals surface area contributed by atoms with E-state index in [4.69, 9.17) is 9.84 Å². The summed E-state index contributed by atoms with van der Waals surface area (Å²) in [7, 11) is 0. The highest BCUT2D eigenvalue weighted by molar-refractivity contribution is 9.11. The lowest BCUT2D eigenvalue weighted by molar-refractivity contribution is -0.156. The van der Waals surface area contributed by atoms with Crippen LogP contribution in [0, 0.1) is 0 Å². The smallest absolute Gasteiger partial charge is 0.328 e. The van der Waals surface area contributed by atoms with Gasteiger partial charge in [0.2, 0.25) is 5.91 Å². The molecule has 102 valence electrons. The molecule has 0 radical (unpaired) electrons. The van der Waals surface area contributed by atoms with Crippen LogP contribution in [0.25, 0.3) is 6.08 Å². The number of carboxylic acids is 1. The van der Waals surface area contributed by atoms with Gasteiger partial charge in [0, 0.05) is 17.5 Å². The Kier molecular flexibility index (Phi) is 4.73. The first-order chi connectivity index (χ1) is 9.08. The van der Waals surface area contributed by atoms with Crippen LogP contribution in [0.2, 0.25) is 0 Å². The standard InChI is InChI=1S/C12H12BrNO4S/c13-10-3-1-8(19-10)2-4-11(15)14-5-6-18-7-9(14)12(16)17/h1-4,9H,5-7H2,(H,16,17)/b4-2+/t9-/m0/s1. The maximum absolute atomic E-state index is 12.0. The number of nitrogens with zero attached hydrogens (tertiary/aromatic N) is 1. The second-order valence-electron chi connectivity index (χ2n) is 3.94. The summed E-state index contributed by atoms with van der Waals surface area (Å²) in [6.45, 7) is 0.710. The van der Waals surface area contributed by atoms with Gasteiger partial charge in [0.1, 0.15) is 0 Å². The summed E-state index contributed by atoms with van der Waals surface area (Å²) in [5.74, 6) is -1.35. The average Bonchev–Trinajstić information content (AvgIpc) is 2.81. The van der Waals surface area contributed by atoms with Crippen molar-refractivity contribution >= 4 is 45.2 Å². The van der Waals surface area contributed by atoms with Gasteiger partial charge in [-0.25, -0.2) is 4.79 Å². The predicted octanol–water partition coefficient (Wildman–Crippen LogP) is 1.84. The Morgan fingerprint density at radius 3 is 2.95 bits per heavy atom. The Morgan fingerprint density at radius 1 is 1.53 bits per heavy atom. The molecule has 1 amide bonds. The molecule has 1 atom stereocenters. The van der Waals surface area contributed by atoms with Crippen molar-refractivity contribution in [1.29, 1.82) is 0 Å². The van der Waals surface area contributed by atoms with Gasteiger partial charge in [-0.2, -0.15) is 0 Å². The molecule has 1 N–H and O–H groups in total. The van der Waals surface area contributed by atoms with Crippen molar-refractivity contribution in [3.63, 3.8) is 0 Å². The summed E-state index contributed by atoms with van der Waals surface area (Å²) in [4.78, 5) is 25.3. The lowest BCUT2D eigenvalue weighted by Gasteiger charge is -2.31. The molecule has 1 aromatic heterocycles. The van der Waals surface area contributed by atoms with E-state index in [0.29, 0.717) is 13.2 Å². The van der Waals surface area contributed by atoms with Crippen molar-refractivity contribution in [2.75, 3.05) is 19.8 Å². The van der Waals surface area contributed by atoms with E-state index in [2.05, 4.69) is 15.9 Å². The van der Waals surface area contributed by atoms with Crippen LogP contribution in [-0.2, 0) is 14.3 Å². The first-order valence-electron chi connectivity index (χ1n) is 5.62. The van der Waals surface area contributed by atoms with Crippen molar-refractivity contribution < 1.29 is 19.4 Å². The van der Waals surface area contributed by atoms with Gasteiger partial charge in [0.05, 0.1) is 17.0 Å². The predicted molar refractivity (Wildman–Crippen MR) is 75.0 cm³/mol. The third kappa shape index (κ3) is 3.65. The minimum atomic E-state index is -1.04. The van der Waals surface area contributed by atoms with Crippen molar-refractivity contribution in [2.24, 2.45) is 0 Å². The molecule has 19 heavy (non-hydrogen) atoms. The molecule has 0 unspecified atom stereocenters. The molecule has 0 spiro atoms. The van der Waals surface area contributed by atoms with Gasteiger partial charge in [-0.1, -0.05) is 0 Å². The number of amides is 1. The summed E-state index contributed by atoms with van der Waals surface area (Å²) in [5.41, 5.74) is 0. The fourth-order valence-corrected chi connectivity index (χ4v) is 3.07. The van der Waals surface area contributed by atoms with Gasteiger partial charge < -0.3 is 14.7 Å². The average molecular weight is 346 g/mol. The van der Waals surface area contributed by atoms with Gasteiger partial charge in [-0.3, -0.25) is 4.79 Å². The van der Waals surface area contributed by atoms with E-state index in [0.717, 1.165) is 8.66 Å². The van der Waals surface area contributed by atoms with Gasteiger partial charge in [0.15, 0.2) is 6.04 Å². The molecule has 1 aromatic rings. The lowest BCUT2D eigenvalue weighted by atomic mass is 10.2. The third-order valence-corrected chi connectivity index (χ3v) is 4.27. The first-order valence-corrected chi connectivity index (χ1v) is 7.23. The molecular weight excluding hydrogens is 334 g/mol. The van der Waals surface area contributed by atoms with Crippen LogP contribution < -0.4 is 0 Å². The van der Waals surface area contributed by atoms with Crippen molar-refractivity contribution in [3.8, 4) is 0 Å². The maximum atomic E-state index is 12.0. The summed E-state index contributed by atoms with van der Waals surface area (Å²) >= 11 is 4.84. The minimum Gasteiger partial charge on any atom is -0.480 e.